The first kappa shape index (κ1) is 26.5. The highest BCUT2D eigenvalue weighted by molar-refractivity contribution is 6.59. The normalized spacial score (nSPS) is 17.8. The number of hydrogen-bond acceptors (Lipinski definition) is 1. The maximum atomic E-state index is 15.1. The molecule has 0 atom stereocenters. The molecule has 0 spiro atoms. The van der Waals surface area contributed by atoms with Gasteiger partial charge < -0.3 is 4.74 Å². The summed E-state index contributed by atoms with van der Waals surface area (Å²) in [6.07, 6.45) is 7.91. The Morgan fingerprint density at radius 3 is 2.22 bits per heavy atom. The monoisotopic (exact) mass is 510 g/mol. The predicted octanol–water partition coefficient (Wildman–Crippen LogP) is 9.02. The summed E-state index contributed by atoms with van der Waals surface area (Å²) in [7, 11) is -0.562. The van der Waals surface area contributed by atoms with Crippen molar-refractivity contribution in [1.29, 1.82) is 0 Å². The maximum absolute atomic E-state index is 15.1. The first-order valence-electron chi connectivity index (χ1n) is 13.4. The summed E-state index contributed by atoms with van der Waals surface area (Å²) in [6, 6.07) is 22.6. The SMILES string of the molecule is CCCCC[SiH]1CCC(c2ccc(-c3ccc(CCc4ccc(OCF)c(F)c4)cc3)c(F)c2)CC1. The first-order chi connectivity index (χ1) is 17.6. The van der Waals surface area contributed by atoms with Crippen LogP contribution in [0.25, 0.3) is 11.1 Å². The van der Waals surface area contributed by atoms with E-state index in [0.717, 1.165) is 28.7 Å². The van der Waals surface area contributed by atoms with Crippen LogP contribution in [0.1, 0.15) is 61.6 Å². The molecule has 1 saturated heterocycles. The third kappa shape index (κ3) is 7.03. The summed E-state index contributed by atoms with van der Waals surface area (Å²) in [5.41, 5.74) is 4.58. The molecule has 0 aromatic heterocycles. The van der Waals surface area contributed by atoms with Crippen molar-refractivity contribution in [1.82, 2.24) is 0 Å². The summed E-state index contributed by atoms with van der Waals surface area (Å²) in [4.78, 5) is 0. The van der Waals surface area contributed by atoms with E-state index in [0.29, 0.717) is 17.9 Å². The Kier molecular flexibility index (Phi) is 9.68. The predicted molar refractivity (Wildman–Crippen MR) is 145 cm³/mol. The summed E-state index contributed by atoms with van der Waals surface area (Å²) in [5, 5.41) is 0. The van der Waals surface area contributed by atoms with Gasteiger partial charge in [0, 0.05) is 14.4 Å². The Labute approximate surface area is 215 Å². The van der Waals surface area contributed by atoms with Crippen LogP contribution >= 0.6 is 0 Å². The van der Waals surface area contributed by atoms with E-state index in [1.165, 1.54) is 62.4 Å². The molecular formula is C31H37F3OSi. The summed E-state index contributed by atoms with van der Waals surface area (Å²) in [5.74, 6) is -0.265. The van der Waals surface area contributed by atoms with Crippen molar-refractivity contribution in [2.75, 3.05) is 6.86 Å². The first-order valence-corrected chi connectivity index (χ1v) is 15.9. The molecule has 1 nitrogen and oxygen atoms in total. The van der Waals surface area contributed by atoms with E-state index >= 15 is 4.39 Å². The lowest BCUT2D eigenvalue weighted by molar-refractivity contribution is 0.184. The number of unbranched alkanes of at least 4 members (excludes halogenated alkanes) is 2. The number of halogens is 3. The topological polar surface area (TPSA) is 9.23 Å². The molecule has 36 heavy (non-hydrogen) atoms. The van der Waals surface area contributed by atoms with Crippen molar-refractivity contribution in [3.05, 3.63) is 89.0 Å². The van der Waals surface area contributed by atoms with E-state index in [-0.39, 0.29) is 11.6 Å². The average molecular weight is 511 g/mol. The molecule has 1 aliphatic heterocycles. The van der Waals surface area contributed by atoms with Crippen molar-refractivity contribution in [2.45, 2.75) is 75.9 Å². The Bertz CT molecular complexity index is 1110. The molecule has 0 radical (unpaired) electrons. The van der Waals surface area contributed by atoms with Gasteiger partial charge in [-0.15, -0.1) is 0 Å². The van der Waals surface area contributed by atoms with Gasteiger partial charge in [0.25, 0.3) is 0 Å². The number of aryl methyl sites for hydroxylation is 2. The Hall–Kier alpha value is -2.53. The van der Waals surface area contributed by atoms with Crippen LogP contribution in [-0.4, -0.2) is 15.7 Å². The lowest BCUT2D eigenvalue weighted by atomic mass is 9.91. The van der Waals surface area contributed by atoms with Crippen LogP contribution in [0.2, 0.25) is 18.1 Å². The van der Waals surface area contributed by atoms with E-state index in [2.05, 4.69) is 17.7 Å². The van der Waals surface area contributed by atoms with Gasteiger partial charge in [0.15, 0.2) is 11.6 Å². The standard InChI is InChI=1S/C31H37F3OSi/c1-2-3-4-17-36-18-15-25(16-19-36)27-12-13-28(29(33)21-27)26-10-7-23(8-11-26)5-6-24-9-14-31(35-22-32)30(34)20-24/h7-14,20-21,25,36H,2-6,15-19,22H2,1H3. The maximum Gasteiger partial charge on any atom is 0.228 e. The van der Waals surface area contributed by atoms with E-state index in [1.807, 2.05) is 30.3 Å². The zero-order valence-corrected chi connectivity index (χ0v) is 22.4. The Balaban J connectivity index is 1.32. The van der Waals surface area contributed by atoms with Gasteiger partial charge in [0.05, 0.1) is 0 Å². The number of ether oxygens (including phenoxy) is 1. The molecule has 192 valence electrons. The van der Waals surface area contributed by atoms with Crippen LogP contribution in [0.15, 0.2) is 60.7 Å². The zero-order chi connectivity index (χ0) is 25.3. The van der Waals surface area contributed by atoms with Crippen LogP contribution in [0.4, 0.5) is 13.2 Å². The molecular weight excluding hydrogens is 473 g/mol. The molecule has 1 fully saturated rings. The average Bonchev–Trinajstić information content (AvgIpc) is 2.90. The van der Waals surface area contributed by atoms with E-state index < -0.39 is 21.5 Å². The lowest BCUT2D eigenvalue weighted by Gasteiger charge is -2.28. The number of rotatable bonds is 11. The number of hydrogen-bond donors (Lipinski definition) is 0. The van der Waals surface area contributed by atoms with E-state index in [4.69, 9.17) is 0 Å². The van der Waals surface area contributed by atoms with Gasteiger partial charge in [-0.3, -0.25) is 0 Å². The van der Waals surface area contributed by atoms with Crippen LogP contribution in [-0.2, 0) is 12.8 Å². The van der Waals surface area contributed by atoms with Crippen LogP contribution in [0.3, 0.4) is 0 Å². The fraction of sp³-hybridized carbons (Fsp3) is 0.419. The van der Waals surface area contributed by atoms with Gasteiger partial charge in [-0.1, -0.05) is 86.8 Å². The van der Waals surface area contributed by atoms with Gasteiger partial charge in [-0.25, -0.2) is 13.2 Å². The lowest BCUT2D eigenvalue weighted by Crippen LogP contribution is -2.20. The highest BCUT2D eigenvalue weighted by Gasteiger charge is 2.23. The number of alkyl halides is 1. The molecule has 5 heteroatoms. The van der Waals surface area contributed by atoms with Crippen molar-refractivity contribution in [2.24, 2.45) is 0 Å². The molecule has 0 N–H and O–H groups in total. The molecule has 0 amide bonds. The Morgan fingerprint density at radius 2 is 1.56 bits per heavy atom. The molecule has 3 aromatic rings. The van der Waals surface area contributed by atoms with Crippen LogP contribution in [0.5, 0.6) is 5.75 Å². The summed E-state index contributed by atoms with van der Waals surface area (Å²) < 4.78 is 45.9. The molecule has 1 heterocycles. The second-order valence-corrected chi connectivity index (χ2v) is 13.6. The minimum absolute atomic E-state index is 0.0735. The largest absolute Gasteiger partial charge is 0.460 e. The van der Waals surface area contributed by atoms with E-state index in [1.54, 1.807) is 12.1 Å². The molecule has 0 unspecified atom stereocenters. The van der Waals surface area contributed by atoms with E-state index in [9.17, 15) is 8.78 Å². The fourth-order valence-corrected chi connectivity index (χ4v) is 8.98. The van der Waals surface area contributed by atoms with Gasteiger partial charge >= 0.3 is 0 Å². The Morgan fingerprint density at radius 1 is 0.833 bits per heavy atom. The van der Waals surface area contributed by atoms with Gasteiger partial charge in [0.1, 0.15) is 5.82 Å². The van der Waals surface area contributed by atoms with Gasteiger partial charge in [0.2, 0.25) is 6.86 Å². The zero-order valence-electron chi connectivity index (χ0n) is 21.2. The molecule has 0 aliphatic carbocycles. The number of benzene rings is 3. The van der Waals surface area contributed by atoms with Crippen molar-refractivity contribution in [3.8, 4) is 16.9 Å². The third-order valence-corrected chi connectivity index (χ3v) is 11.2. The van der Waals surface area contributed by atoms with Crippen molar-refractivity contribution < 1.29 is 17.9 Å². The highest BCUT2D eigenvalue weighted by atomic mass is 28.3. The molecule has 3 aromatic carbocycles. The minimum Gasteiger partial charge on any atom is -0.460 e. The van der Waals surface area contributed by atoms with Crippen LogP contribution in [0, 0.1) is 11.6 Å². The fourth-order valence-electron chi connectivity index (χ4n) is 5.50. The van der Waals surface area contributed by atoms with Gasteiger partial charge in [-0.05, 0) is 72.1 Å². The molecule has 0 saturated carbocycles. The highest BCUT2D eigenvalue weighted by Crippen LogP contribution is 2.37. The second kappa shape index (κ2) is 13.1. The van der Waals surface area contributed by atoms with Gasteiger partial charge in [-0.2, -0.15) is 0 Å². The summed E-state index contributed by atoms with van der Waals surface area (Å²) >= 11 is 0. The van der Waals surface area contributed by atoms with Crippen LogP contribution < -0.4 is 4.74 Å². The van der Waals surface area contributed by atoms with Crippen molar-refractivity contribution in [3.63, 3.8) is 0 Å². The quantitative estimate of drug-likeness (QED) is 0.185. The summed E-state index contributed by atoms with van der Waals surface area (Å²) in [6.45, 7) is 1.22. The third-order valence-electron chi connectivity index (χ3n) is 7.70. The second-order valence-electron chi connectivity index (χ2n) is 10.2. The van der Waals surface area contributed by atoms with Crippen molar-refractivity contribution >= 4 is 8.80 Å². The minimum atomic E-state index is -1.05. The smallest absolute Gasteiger partial charge is 0.228 e. The molecule has 4 rings (SSSR count). The molecule has 0 bridgehead atoms. The molecule has 1 aliphatic rings.